The van der Waals surface area contributed by atoms with E-state index in [1.54, 1.807) is 0 Å². The molecule has 4 aromatic rings. The number of carbonyl (C=O) groups excluding carboxylic acids is 4. The monoisotopic (exact) mass is 806 g/mol. The lowest BCUT2D eigenvalue weighted by Crippen LogP contribution is -3.00. The fourth-order valence-corrected chi connectivity index (χ4v) is 7.58. The third-order valence-electron chi connectivity index (χ3n) is 10.3. The van der Waals surface area contributed by atoms with Gasteiger partial charge in [-0.05, 0) is 81.2 Å². The first-order valence-corrected chi connectivity index (χ1v) is 17.3. The topological polar surface area (TPSA) is 78.0 Å². The van der Waals surface area contributed by atoms with Gasteiger partial charge >= 0.3 is 0 Å². The van der Waals surface area contributed by atoms with Gasteiger partial charge in [0.05, 0.1) is 27.2 Å². The molecule has 2 aliphatic rings. The average Bonchev–Trinajstić information content (AvgIpc) is 3.07. The summed E-state index contributed by atoms with van der Waals surface area (Å²) in [6, 6.07) is 23.0. The van der Waals surface area contributed by atoms with E-state index in [0.717, 1.165) is 84.1 Å². The van der Waals surface area contributed by atoms with Crippen LogP contribution in [0.3, 0.4) is 0 Å². The molecule has 0 radical (unpaired) electrons. The van der Waals surface area contributed by atoms with Gasteiger partial charge in [0.2, 0.25) is 0 Å². The van der Waals surface area contributed by atoms with E-state index in [9.17, 15) is 19.2 Å². The first-order chi connectivity index (χ1) is 23.1. The van der Waals surface area contributed by atoms with Crippen LogP contribution in [-0.4, -0.2) is 103 Å². The van der Waals surface area contributed by atoms with Crippen molar-refractivity contribution in [2.45, 2.75) is 51.0 Å². The summed E-state index contributed by atoms with van der Waals surface area (Å²) in [4.78, 5) is 58.1. The Kier molecular flexibility index (Phi) is 13.2. The number of rotatable bonds is 15. The summed E-state index contributed by atoms with van der Waals surface area (Å²) < 4.78 is 0.842. The van der Waals surface area contributed by atoms with E-state index in [-0.39, 0.29) is 57.6 Å². The quantitative estimate of drug-likeness (QED) is 0.102. The summed E-state index contributed by atoms with van der Waals surface area (Å²) in [5, 5.41) is 3.40. The smallest absolute Gasteiger partial charge is 0.261 e. The van der Waals surface area contributed by atoms with Crippen LogP contribution in [0.15, 0.2) is 72.8 Å². The molecule has 266 valence electrons. The van der Waals surface area contributed by atoms with E-state index in [1.807, 2.05) is 72.8 Å². The summed E-state index contributed by atoms with van der Waals surface area (Å²) in [6.07, 6.45) is 6.86. The number of hydrogen-bond acceptors (Lipinski definition) is 5. The van der Waals surface area contributed by atoms with Crippen molar-refractivity contribution in [3.63, 3.8) is 0 Å². The average molecular weight is 809 g/mol. The Morgan fingerprint density at radius 3 is 1.36 bits per heavy atom. The van der Waals surface area contributed by atoms with Gasteiger partial charge in [-0.1, -0.05) is 55.0 Å². The van der Waals surface area contributed by atoms with Crippen molar-refractivity contribution in [3.05, 3.63) is 95.1 Å². The largest absolute Gasteiger partial charge is 1.00 e. The van der Waals surface area contributed by atoms with Gasteiger partial charge in [0.15, 0.2) is 0 Å². The van der Waals surface area contributed by atoms with Crippen LogP contribution in [0.5, 0.6) is 0 Å². The maximum Gasteiger partial charge on any atom is 0.261 e. The van der Waals surface area contributed by atoms with E-state index in [0.29, 0.717) is 41.4 Å². The summed E-state index contributed by atoms with van der Waals surface area (Å²) in [6.45, 7) is 2.76. The molecule has 1 unspecified atom stereocenters. The highest BCUT2D eigenvalue weighted by Crippen LogP contribution is 2.31. The standard InChI is InChI=1S/C40H47N4O4.2BrH/c1-41(2)30(19-12-24-42-37(45)31-20-8-14-28-15-9-21-32(35(28)31)38(42)46)18-6-5-7-26-44(3,4)27-13-25-43-39(47)33-22-10-16-29-17-11-23-34(36(29)33)40(43)48;;/h8-11,14-17,20-23,30H,5-7,12-13,18-19,24-27H2,1-4H3;2*1H/q+1;;/p-1. The van der Waals surface area contributed by atoms with Gasteiger partial charge in [0.25, 0.3) is 23.6 Å². The number of amides is 4. The lowest BCUT2D eigenvalue weighted by Gasteiger charge is -2.32. The molecule has 1 atom stereocenters. The number of halogens is 2. The van der Waals surface area contributed by atoms with Crippen LogP contribution in [0.4, 0.5) is 0 Å². The van der Waals surface area contributed by atoms with Gasteiger partial charge in [-0.15, -0.1) is 17.0 Å². The predicted octanol–water partition coefficient (Wildman–Crippen LogP) is 4.20. The zero-order chi connectivity index (χ0) is 34.0. The molecule has 0 bridgehead atoms. The van der Waals surface area contributed by atoms with Crippen molar-refractivity contribution in [2.24, 2.45) is 0 Å². The molecule has 2 aliphatic heterocycles. The molecule has 4 aromatic carbocycles. The van der Waals surface area contributed by atoms with Crippen LogP contribution < -0.4 is 17.0 Å². The number of quaternary nitrogens is 1. The van der Waals surface area contributed by atoms with Crippen LogP contribution in [0.25, 0.3) is 21.5 Å². The van der Waals surface area contributed by atoms with Crippen LogP contribution in [-0.2, 0) is 0 Å². The first-order valence-electron chi connectivity index (χ1n) is 17.3. The van der Waals surface area contributed by atoms with Crippen LogP contribution >= 0.6 is 17.0 Å². The molecule has 0 N–H and O–H groups in total. The fraction of sp³-hybridized carbons (Fsp3) is 0.400. The molecule has 0 aromatic heterocycles. The highest BCUT2D eigenvalue weighted by atomic mass is 79.9. The van der Waals surface area contributed by atoms with E-state index < -0.39 is 0 Å². The summed E-state index contributed by atoms with van der Waals surface area (Å²) in [7, 11) is 8.66. The Morgan fingerprint density at radius 1 is 0.560 bits per heavy atom. The SMILES string of the molecule is Br.CN(C)C(CCCCC[N+](C)(C)CCCN1C(=O)c2cccc3cccc(c23)C1=O)CCCN1C(=O)c2cccc3cccc(c23)C1=O.[Br-]. The first kappa shape index (κ1) is 39.3. The van der Waals surface area contributed by atoms with E-state index in [4.69, 9.17) is 0 Å². The Morgan fingerprint density at radius 2 is 0.940 bits per heavy atom. The molecule has 0 aliphatic carbocycles. The molecular formula is C40H48Br2N4O4. The maximum atomic E-state index is 13.3. The highest BCUT2D eigenvalue weighted by molar-refractivity contribution is 8.93. The minimum Gasteiger partial charge on any atom is -1.00 e. The second-order valence-corrected chi connectivity index (χ2v) is 14.3. The Balaban J connectivity index is 0.00000281. The molecule has 0 saturated heterocycles. The van der Waals surface area contributed by atoms with Crippen molar-refractivity contribution < 1.29 is 40.6 Å². The van der Waals surface area contributed by atoms with E-state index in [2.05, 4.69) is 33.1 Å². The number of carbonyl (C=O) groups is 4. The van der Waals surface area contributed by atoms with Gasteiger partial charge in [-0.2, -0.15) is 0 Å². The van der Waals surface area contributed by atoms with Crippen molar-refractivity contribution in [1.82, 2.24) is 14.7 Å². The van der Waals surface area contributed by atoms with Crippen molar-refractivity contribution in [1.29, 1.82) is 0 Å². The molecule has 6 rings (SSSR count). The summed E-state index contributed by atoms with van der Waals surface area (Å²) >= 11 is 0. The minimum absolute atomic E-state index is 0. The number of hydrogen-bond donors (Lipinski definition) is 0. The molecule has 8 nitrogen and oxygen atoms in total. The normalized spacial score (nSPS) is 14.7. The Labute approximate surface area is 316 Å². The summed E-state index contributed by atoms with van der Waals surface area (Å²) in [5.74, 6) is -0.767. The number of imide groups is 2. The number of nitrogens with zero attached hydrogens (tertiary/aromatic N) is 4. The molecule has 10 heteroatoms. The molecular weight excluding hydrogens is 760 g/mol. The molecule has 0 spiro atoms. The fourth-order valence-electron chi connectivity index (χ4n) is 7.58. The summed E-state index contributed by atoms with van der Waals surface area (Å²) in [5.41, 5.74) is 2.46. The van der Waals surface area contributed by atoms with Gasteiger partial charge < -0.3 is 26.4 Å². The second-order valence-electron chi connectivity index (χ2n) is 14.3. The Hall–Kier alpha value is -3.44. The number of benzene rings is 4. The minimum atomic E-state index is -0.192. The van der Waals surface area contributed by atoms with Gasteiger partial charge in [-0.3, -0.25) is 29.0 Å². The zero-order valence-electron chi connectivity index (χ0n) is 29.5. The van der Waals surface area contributed by atoms with Gasteiger partial charge in [-0.25, -0.2) is 0 Å². The maximum absolute atomic E-state index is 13.3. The number of unbranched alkanes of at least 4 members (excludes halogenated alkanes) is 2. The predicted molar refractivity (Wildman–Crippen MR) is 201 cm³/mol. The lowest BCUT2D eigenvalue weighted by atomic mass is 9.94. The Bertz CT molecular complexity index is 1790. The highest BCUT2D eigenvalue weighted by Gasteiger charge is 2.34. The molecule has 50 heavy (non-hydrogen) atoms. The van der Waals surface area contributed by atoms with Crippen LogP contribution in [0.1, 0.15) is 86.4 Å². The van der Waals surface area contributed by atoms with E-state index in [1.165, 1.54) is 9.80 Å². The van der Waals surface area contributed by atoms with Gasteiger partial charge in [0.1, 0.15) is 0 Å². The van der Waals surface area contributed by atoms with Crippen LogP contribution in [0, 0.1) is 0 Å². The third-order valence-corrected chi connectivity index (χ3v) is 10.3. The lowest BCUT2D eigenvalue weighted by molar-refractivity contribution is -0.890. The molecule has 4 amide bonds. The zero-order valence-corrected chi connectivity index (χ0v) is 32.8. The van der Waals surface area contributed by atoms with Gasteiger partial charge in [0, 0.05) is 58.6 Å². The van der Waals surface area contributed by atoms with Crippen molar-refractivity contribution in [3.8, 4) is 0 Å². The third kappa shape index (κ3) is 8.04. The second kappa shape index (κ2) is 16.7. The van der Waals surface area contributed by atoms with Crippen molar-refractivity contribution >= 4 is 62.2 Å². The molecule has 2 heterocycles. The van der Waals surface area contributed by atoms with E-state index >= 15 is 0 Å². The molecule has 0 saturated carbocycles. The van der Waals surface area contributed by atoms with Crippen molar-refractivity contribution in [2.75, 3.05) is 54.4 Å². The van der Waals surface area contributed by atoms with Crippen LogP contribution in [0.2, 0.25) is 0 Å². The molecule has 0 fully saturated rings.